The van der Waals surface area contributed by atoms with E-state index in [-0.39, 0.29) is 12.3 Å². The van der Waals surface area contributed by atoms with Crippen molar-refractivity contribution in [3.05, 3.63) is 46.9 Å². The molecule has 30 heavy (non-hydrogen) atoms. The normalized spacial score (nSPS) is 14.6. The van der Waals surface area contributed by atoms with Gasteiger partial charge in [-0.1, -0.05) is 31.5 Å². The number of methoxy groups -OCH3 is 1. The van der Waals surface area contributed by atoms with Gasteiger partial charge in [0, 0.05) is 43.0 Å². The highest BCUT2D eigenvalue weighted by Gasteiger charge is 2.24. The second-order valence-corrected chi connectivity index (χ2v) is 8.10. The van der Waals surface area contributed by atoms with Crippen molar-refractivity contribution in [2.75, 3.05) is 38.2 Å². The van der Waals surface area contributed by atoms with Gasteiger partial charge >= 0.3 is 0 Å². The van der Waals surface area contributed by atoms with E-state index in [0.29, 0.717) is 35.6 Å². The van der Waals surface area contributed by atoms with Gasteiger partial charge in [-0.15, -0.1) is 10.2 Å². The second kappa shape index (κ2) is 8.47. The van der Waals surface area contributed by atoms with Gasteiger partial charge in [0.2, 0.25) is 5.91 Å². The largest absolute Gasteiger partial charge is 0.497 e. The molecule has 2 aromatic heterocycles. The Hall–Kier alpha value is -2.87. The van der Waals surface area contributed by atoms with Crippen LogP contribution in [-0.2, 0) is 11.2 Å². The number of benzene rings is 1. The summed E-state index contributed by atoms with van der Waals surface area (Å²) in [5.74, 6) is 2.56. The number of aromatic nitrogens is 4. The van der Waals surface area contributed by atoms with Crippen molar-refractivity contribution >= 4 is 29.1 Å². The molecule has 4 rings (SSSR count). The minimum absolute atomic E-state index is 0.0745. The zero-order valence-corrected chi connectivity index (χ0v) is 18.1. The molecule has 0 aliphatic carbocycles. The average molecular weight is 429 g/mol. The summed E-state index contributed by atoms with van der Waals surface area (Å²) in [5, 5.41) is 8.65. The van der Waals surface area contributed by atoms with Gasteiger partial charge in [0.05, 0.1) is 13.5 Å². The van der Waals surface area contributed by atoms with Crippen LogP contribution in [0.4, 0.5) is 5.82 Å². The molecule has 0 atom stereocenters. The van der Waals surface area contributed by atoms with Crippen molar-refractivity contribution in [3.8, 4) is 5.75 Å². The summed E-state index contributed by atoms with van der Waals surface area (Å²) in [7, 11) is 1.59. The van der Waals surface area contributed by atoms with Crippen LogP contribution in [0, 0.1) is 0 Å². The molecule has 158 valence electrons. The zero-order chi connectivity index (χ0) is 21.3. The Morgan fingerprint density at radius 3 is 2.63 bits per heavy atom. The Morgan fingerprint density at radius 2 is 1.97 bits per heavy atom. The molecule has 8 nitrogen and oxygen atoms in total. The molecule has 1 fully saturated rings. The van der Waals surface area contributed by atoms with E-state index in [1.54, 1.807) is 19.5 Å². The van der Waals surface area contributed by atoms with Gasteiger partial charge in [-0.25, -0.2) is 0 Å². The van der Waals surface area contributed by atoms with E-state index < -0.39 is 0 Å². The molecule has 1 amide bonds. The van der Waals surface area contributed by atoms with Crippen LogP contribution < -0.4 is 9.64 Å². The van der Waals surface area contributed by atoms with Gasteiger partial charge < -0.3 is 14.5 Å². The lowest BCUT2D eigenvalue weighted by molar-refractivity contribution is -0.130. The predicted octanol–water partition coefficient (Wildman–Crippen LogP) is 2.80. The molecule has 0 spiro atoms. The number of anilines is 1. The lowest BCUT2D eigenvalue weighted by Gasteiger charge is -2.35. The molecule has 0 bridgehead atoms. The van der Waals surface area contributed by atoms with E-state index in [2.05, 4.69) is 40.0 Å². The van der Waals surface area contributed by atoms with E-state index >= 15 is 0 Å². The van der Waals surface area contributed by atoms with Crippen molar-refractivity contribution in [2.24, 2.45) is 0 Å². The Kier molecular flexibility index (Phi) is 5.76. The summed E-state index contributed by atoms with van der Waals surface area (Å²) in [6.07, 6.45) is 1.98. The highest BCUT2D eigenvalue weighted by molar-refractivity contribution is 6.31. The van der Waals surface area contributed by atoms with Crippen LogP contribution in [0.3, 0.4) is 0 Å². The maximum atomic E-state index is 12.8. The van der Waals surface area contributed by atoms with Crippen LogP contribution in [0.5, 0.6) is 5.75 Å². The van der Waals surface area contributed by atoms with Gasteiger partial charge in [0.25, 0.3) is 5.78 Å². The van der Waals surface area contributed by atoms with Crippen LogP contribution in [0.15, 0.2) is 30.6 Å². The van der Waals surface area contributed by atoms with E-state index in [4.69, 9.17) is 16.3 Å². The number of piperazine rings is 1. The zero-order valence-electron chi connectivity index (χ0n) is 17.4. The molecule has 1 aliphatic heterocycles. The van der Waals surface area contributed by atoms with Crippen molar-refractivity contribution in [3.63, 3.8) is 0 Å². The number of amides is 1. The SMILES string of the molecule is COc1ccc(CC(=O)N2CCN(c3cc(C(C)C)n4cnnc4n3)CC2)c(Cl)c1. The Balaban J connectivity index is 1.42. The van der Waals surface area contributed by atoms with Crippen molar-refractivity contribution in [1.29, 1.82) is 0 Å². The molecule has 0 radical (unpaired) electrons. The smallest absolute Gasteiger partial charge is 0.256 e. The molecule has 1 aliphatic rings. The fourth-order valence-electron chi connectivity index (χ4n) is 3.69. The van der Waals surface area contributed by atoms with Crippen molar-refractivity contribution in [1.82, 2.24) is 24.5 Å². The fraction of sp³-hybridized carbons (Fsp3) is 0.429. The highest BCUT2D eigenvalue weighted by Crippen LogP contribution is 2.24. The van der Waals surface area contributed by atoms with Crippen LogP contribution >= 0.6 is 11.6 Å². The first-order valence-electron chi connectivity index (χ1n) is 10.0. The fourth-order valence-corrected chi connectivity index (χ4v) is 3.93. The number of halogens is 1. The number of carbonyl (C=O) groups is 1. The van der Waals surface area contributed by atoms with Gasteiger partial charge in [-0.2, -0.15) is 4.98 Å². The first-order chi connectivity index (χ1) is 14.5. The minimum atomic E-state index is 0.0745. The van der Waals surface area contributed by atoms with Crippen LogP contribution in [0.25, 0.3) is 5.78 Å². The summed E-state index contributed by atoms with van der Waals surface area (Å²) in [4.78, 5) is 21.5. The average Bonchev–Trinajstić information content (AvgIpc) is 3.23. The van der Waals surface area contributed by atoms with Crippen molar-refractivity contribution in [2.45, 2.75) is 26.2 Å². The number of nitrogens with zero attached hydrogens (tertiary/aromatic N) is 6. The van der Waals surface area contributed by atoms with E-state index in [9.17, 15) is 4.79 Å². The standard InChI is InChI=1S/C21H25ClN6O2/c1-14(2)18-12-19(24-21-25-23-13-28(18)21)26-6-8-27(9-7-26)20(29)10-15-4-5-16(30-3)11-17(15)22/h4-5,11-14H,6-10H2,1-3H3. The van der Waals surface area contributed by atoms with Crippen LogP contribution in [0.2, 0.25) is 5.02 Å². The summed E-state index contributed by atoms with van der Waals surface area (Å²) < 4.78 is 7.09. The number of rotatable bonds is 5. The third-order valence-electron chi connectivity index (χ3n) is 5.45. The maximum Gasteiger partial charge on any atom is 0.256 e. The molecule has 0 N–H and O–H groups in total. The molecular weight excluding hydrogens is 404 g/mol. The predicted molar refractivity (Wildman–Crippen MR) is 115 cm³/mol. The van der Waals surface area contributed by atoms with Crippen LogP contribution in [-0.4, -0.2) is 63.7 Å². The first kappa shape index (κ1) is 20.4. The molecule has 3 heterocycles. The Morgan fingerprint density at radius 1 is 1.20 bits per heavy atom. The Bertz CT molecular complexity index is 1060. The Labute approximate surface area is 180 Å². The summed E-state index contributed by atoms with van der Waals surface area (Å²) >= 11 is 6.29. The summed E-state index contributed by atoms with van der Waals surface area (Å²) in [6, 6.07) is 7.50. The lowest BCUT2D eigenvalue weighted by atomic mass is 10.1. The molecule has 0 unspecified atom stereocenters. The van der Waals surface area contributed by atoms with Gasteiger partial charge in [0.15, 0.2) is 0 Å². The number of hydrogen-bond acceptors (Lipinski definition) is 6. The van der Waals surface area contributed by atoms with E-state index in [1.165, 1.54) is 0 Å². The molecule has 1 saturated heterocycles. The third-order valence-corrected chi connectivity index (χ3v) is 5.80. The number of ether oxygens (including phenoxy) is 1. The van der Waals surface area contributed by atoms with Crippen LogP contribution in [0.1, 0.15) is 31.0 Å². The van der Waals surface area contributed by atoms with Gasteiger partial charge in [-0.05, 0) is 23.6 Å². The quantitative estimate of drug-likeness (QED) is 0.622. The molecule has 9 heteroatoms. The minimum Gasteiger partial charge on any atom is -0.497 e. The topological polar surface area (TPSA) is 75.9 Å². The van der Waals surface area contributed by atoms with Gasteiger partial charge in [-0.3, -0.25) is 9.20 Å². The molecule has 3 aromatic rings. The molecule has 0 saturated carbocycles. The molecule has 1 aromatic carbocycles. The highest BCUT2D eigenvalue weighted by atomic mass is 35.5. The third kappa shape index (κ3) is 4.05. The van der Waals surface area contributed by atoms with E-state index in [0.717, 1.165) is 30.2 Å². The van der Waals surface area contributed by atoms with E-state index in [1.807, 2.05) is 21.4 Å². The number of fused-ring (bicyclic) bond motifs is 1. The van der Waals surface area contributed by atoms with Gasteiger partial charge in [0.1, 0.15) is 17.9 Å². The number of carbonyl (C=O) groups excluding carboxylic acids is 1. The summed E-state index contributed by atoms with van der Waals surface area (Å²) in [6.45, 7) is 7.00. The molecular formula is C21H25ClN6O2. The first-order valence-corrected chi connectivity index (χ1v) is 10.4. The maximum absolute atomic E-state index is 12.8. The lowest BCUT2D eigenvalue weighted by Crippen LogP contribution is -2.49. The second-order valence-electron chi connectivity index (χ2n) is 7.70. The van der Waals surface area contributed by atoms with Crippen molar-refractivity contribution < 1.29 is 9.53 Å². The number of hydrogen-bond donors (Lipinski definition) is 0. The summed E-state index contributed by atoms with van der Waals surface area (Å²) in [5.41, 5.74) is 1.93. The monoisotopic (exact) mass is 428 g/mol.